The summed E-state index contributed by atoms with van der Waals surface area (Å²) in [6.07, 6.45) is 12.1. The Morgan fingerprint density at radius 1 is 0.974 bits per heavy atom. The van der Waals surface area contributed by atoms with E-state index in [0.29, 0.717) is 19.4 Å². The molecule has 6 aliphatic rings. The highest BCUT2D eigenvalue weighted by molar-refractivity contribution is 5.95. The predicted molar refractivity (Wildman–Crippen MR) is 149 cm³/mol. The second-order valence-electron chi connectivity index (χ2n) is 15.0. The van der Waals surface area contributed by atoms with Gasteiger partial charge in [-0.15, -0.1) is 0 Å². The van der Waals surface area contributed by atoms with Gasteiger partial charge in [0.15, 0.2) is 0 Å². The van der Waals surface area contributed by atoms with E-state index in [1.54, 1.807) is 4.90 Å². The zero-order valence-electron chi connectivity index (χ0n) is 24.5. The molecule has 218 valence electrons. The fourth-order valence-corrected chi connectivity index (χ4v) is 9.57. The molecule has 8 nitrogen and oxygen atoms in total. The molecule has 1 saturated heterocycles. The average molecular weight is 543 g/mol. The van der Waals surface area contributed by atoms with E-state index in [9.17, 15) is 19.2 Å². The molecule has 6 rings (SSSR count). The number of carbonyl (C=O) groups excluding carboxylic acids is 4. The number of carbonyl (C=O) groups is 4. The summed E-state index contributed by atoms with van der Waals surface area (Å²) in [4.78, 5) is 55.1. The predicted octanol–water partition coefficient (Wildman–Crippen LogP) is 3.52. The molecule has 1 aliphatic heterocycles. The third-order valence-electron chi connectivity index (χ3n) is 10.8. The van der Waals surface area contributed by atoms with Gasteiger partial charge in [0.25, 0.3) is 0 Å². The van der Waals surface area contributed by atoms with Crippen LogP contribution in [0.4, 0.5) is 0 Å². The van der Waals surface area contributed by atoms with Crippen molar-refractivity contribution in [2.45, 2.75) is 123 Å². The van der Waals surface area contributed by atoms with Gasteiger partial charge in [-0.3, -0.25) is 19.2 Å². The maximum absolute atomic E-state index is 14.2. The van der Waals surface area contributed by atoms with E-state index in [1.807, 2.05) is 27.7 Å². The number of hydrogen-bond acceptors (Lipinski definition) is 4. The van der Waals surface area contributed by atoms with Crippen LogP contribution >= 0.6 is 0 Å². The van der Waals surface area contributed by atoms with Gasteiger partial charge in [0.2, 0.25) is 23.6 Å². The molecule has 8 heteroatoms. The number of fused-ring (bicyclic) bond motifs is 1. The first-order valence-electron chi connectivity index (χ1n) is 15.6. The Kier molecular flexibility index (Phi) is 7.79. The highest BCUT2D eigenvalue weighted by atomic mass is 16.2. The van der Waals surface area contributed by atoms with Crippen LogP contribution in [-0.4, -0.2) is 53.2 Å². The quantitative estimate of drug-likeness (QED) is 0.413. The number of hydrogen-bond donors (Lipinski definition) is 3. The van der Waals surface area contributed by atoms with Crippen molar-refractivity contribution in [2.24, 2.45) is 46.2 Å². The van der Waals surface area contributed by atoms with Crippen LogP contribution in [0.1, 0.15) is 105 Å². The largest absolute Gasteiger partial charge is 0.368 e. The van der Waals surface area contributed by atoms with Crippen molar-refractivity contribution in [1.29, 1.82) is 0 Å². The van der Waals surface area contributed by atoms with E-state index in [-0.39, 0.29) is 35.0 Å². The molecule has 0 radical (unpaired) electrons. The van der Waals surface area contributed by atoms with Crippen LogP contribution in [0.3, 0.4) is 0 Å². The van der Waals surface area contributed by atoms with Gasteiger partial charge in [-0.05, 0) is 98.2 Å². The summed E-state index contributed by atoms with van der Waals surface area (Å²) < 4.78 is 0. The number of likely N-dealkylation sites (tertiary alicyclic amines) is 1. The average Bonchev–Trinajstić information content (AvgIpc) is 3.41. The fourth-order valence-electron chi connectivity index (χ4n) is 9.57. The number of nitrogens with two attached hydrogens (primary N) is 1. The molecular formula is C31H50N4O4. The molecule has 5 saturated carbocycles. The van der Waals surface area contributed by atoms with Crippen LogP contribution < -0.4 is 16.4 Å². The fraction of sp³-hybridized carbons (Fsp3) is 0.871. The van der Waals surface area contributed by atoms with Crippen molar-refractivity contribution in [3.8, 4) is 0 Å². The molecule has 0 unspecified atom stereocenters. The first-order valence-corrected chi connectivity index (χ1v) is 15.6. The summed E-state index contributed by atoms with van der Waals surface area (Å²) in [5.74, 6) is 1.61. The molecule has 5 atom stereocenters. The molecular weight excluding hydrogens is 492 g/mol. The summed E-state index contributed by atoms with van der Waals surface area (Å²) in [5, 5.41) is 6.04. The van der Waals surface area contributed by atoms with Gasteiger partial charge in [0, 0.05) is 13.0 Å². The standard InChI is InChI=1S/C31H50N4O4/c1-5-7-23(27(32)37)33-28(38)25-22-9-6-8-21(22)17-35(25)29(39)26(30(2,3)4)34-24(36)16-31-13-18-10-19(14-31)12-20(11-18)15-31/h18-23,25-26H,5-17H2,1-4H3,(H2,32,37)(H,33,38)(H,34,36)/t18?,19?,20?,21-,22-,23-,25-,26+,31?/m0/s1. The first kappa shape index (κ1) is 28.4. The van der Waals surface area contributed by atoms with Crippen LogP contribution in [-0.2, 0) is 19.2 Å². The highest BCUT2D eigenvalue weighted by Gasteiger charge is 2.54. The summed E-state index contributed by atoms with van der Waals surface area (Å²) in [6.45, 7) is 8.42. The van der Waals surface area contributed by atoms with E-state index in [1.165, 1.54) is 19.3 Å². The third-order valence-corrected chi connectivity index (χ3v) is 10.8. The molecule has 0 aromatic carbocycles. The van der Waals surface area contributed by atoms with E-state index in [4.69, 9.17) is 5.73 Å². The maximum atomic E-state index is 14.2. The Bertz CT molecular complexity index is 952. The third kappa shape index (κ3) is 5.72. The minimum absolute atomic E-state index is 0.0256. The minimum atomic E-state index is -0.738. The van der Waals surface area contributed by atoms with Crippen LogP contribution in [0.5, 0.6) is 0 Å². The molecule has 0 spiro atoms. The monoisotopic (exact) mass is 542 g/mol. The SMILES string of the molecule is CCC[C@H](NC(=O)[C@@H]1[C@H]2CCC[C@H]2CN1C(=O)[C@@H](NC(=O)CC12CC3CC(CC(C3)C1)C2)C(C)(C)C)C(N)=O. The molecule has 4 bridgehead atoms. The van der Waals surface area contributed by atoms with E-state index < -0.39 is 29.4 Å². The number of nitrogens with one attached hydrogen (secondary N) is 2. The van der Waals surface area contributed by atoms with Gasteiger partial charge in [0.1, 0.15) is 18.1 Å². The zero-order chi connectivity index (χ0) is 28.1. The Hall–Kier alpha value is -2.12. The van der Waals surface area contributed by atoms with Crippen molar-refractivity contribution >= 4 is 23.6 Å². The number of rotatable bonds is 9. The summed E-state index contributed by atoms with van der Waals surface area (Å²) in [5.41, 5.74) is 5.16. The molecule has 4 amide bonds. The van der Waals surface area contributed by atoms with Gasteiger partial charge in [-0.2, -0.15) is 0 Å². The summed E-state index contributed by atoms with van der Waals surface area (Å²) in [7, 11) is 0. The van der Waals surface area contributed by atoms with Crippen molar-refractivity contribution < 1.29 is 19.2 Å². The van der Waals surface area contributed by atoms with Gasteiger partial charge in [0.05, 0.1) is 0 Å². The Balaban J connectivity index is 1.31. The molecule has 0 aromatic rings. The van der Waals surface area contributed by atoms with Gasteiger partial charge in [-0.25, -0.2) is 0 Å². The maximum Gasteiger partial charge on any atom is 0.246 e. The van der Waals surface area contributed by atoms with Crippen molar-refractivity contribution in [3.63, 3.8) is 0 Å². The van der Waals surface area contributed by atoms with Crippen LogP contribution in [0.15, 0.2) is 0 Å². The Labute approximate surface area is 234 Å². The second kappa shape index (κ2) is 10.7. The zero-order valence-corrected chi connectivity index (χ0v) is 24.5. The molecule has 1 heterocycles. The minimum Gasteiger partial charge on any atom is -0.368 e. The Morgan fingerprint density at radius 3 is 2.13 bits per heavy atom. The van der Waals surface area contributed by atoms with Crippen molar-refractivity contribution in [1.82, 2.24) is 15.5 Å². The normalized spacial score (nSPS) is 36.4. The van der Waals surface area contributed by atoms with Gasteiger partial charge in [-0.1, -0.05) is 40.5 Å². The van der Waals surface area contributed by atoms with Gasteiger partial charge < -0.3 is 21.3 Å². The van der Waals surface area contributed by atoms with Crippen LogP contribution in [0.2, 0.25) is 0 Å². The lowest BCUT2D eigenvalue weighted by Crippen LogP contribution is -2.60. The topological polar surface area (TPSA) is 122 Å². The highest BCUT2D eigenvalue weighted by Crippen LogP contribution is 2.61. The molecule has 39 heavy (non-hydrogen) atoms. The van der Waals surface area contributed by atoms with Crippen molar-refractivity contribution in [2.75, 3.05) is 6.54 Å². The lowest BCUT2D eigenvalue weighted by Gasteiger charge is -2.56. The Morgan fingerprint density at radius 2 is 1.59 bits per heavy atom. The molecule has 0 aromatic heterocycles. The lowest BCUT2D eigenvalue weighted by molar-refractivity contribution is -0.146. The molecule has 6 fully saturated rings. The van der Waals surface area contributed by atoms with Gasteiger partial charge >= 0.3 is 0 Å². The first-order chi connectivity index (χ1) is 18.4. The van der Waals surface area contributed by atoms with E-state index >= 15 is 0 Å². The summed E-state index contributed by atoms with van der Waals surface area (Å²) >= 11 is 0. The summed E-state index contributed by atoms with van der Waals surface area (Å²) in [6, 6.07) is -2.08. The second-order valence-corrected chi connectivity index (χ2v) is 15.0. The number of primary amides is 1. The van der Waals surface area contributed by atoms with Crippen molar-refractivity contribution in [3.05, 3.63) is 0 Å². The smallest absolute Gasteiger partial charge is 0.246 e. The number of nitrogens with zero attached hydrogens (tertiary/aromatic N) is 1. The van der Waals surface area contributed by atoms with E-state index in [0.717, 1.165) is 62.7 Å². The van der Waals surface area contributed by atoms with Crippen LogP contribution in [0.25, 0.3) is 0 Å². The molecule has 5 aliphatic carbocycles. The lowest BCUT2D eigenvalue weighted by atomic mass is 9.49. The van der Waals surface area contributed by atoms with E-state index in [2.05, 4.69) is 10.6 Å². The number of amides is 4. The molecule has 4 N–H and O–H groups in total. The van der Waals surface area contributed by atoms with Crippen LogP contribution in [0, 0.1) is 40.4 Å².